The van der Waals surface area contributed by atoms with Crippen LogP contribution >= 0.6 is 0 Å². The summed E-state index contributed by atoms with van der Waals surface area (Å²) in [7, 11) is 0. The molecule has 0 spiro atoms. The lowest BCUT2D eigenvalue weighted by atomic mass is 10.0. The van der Waals surface area contributed by atoms with Gasteiger partial charge in [0.25, 0.3) is 0 Å². The minimum atomic E-state index is 0.0882. The highest BCUT2D eigenvalue weighted by Gasteiger charge is 2.28. The van der Waals surface area contributed by atoms with Gasteiger partial charge in [-0.3, -0.25) is 9.58 Å². The summed E-state index contributed by atoms with van der Waals surface area (Å²) < 4.78 is 7.35. The maximum atomic E-state index is 12.7. The first-order chi connectivity index (χ1) is 12.2. The van der Waals surface area contributed by atoms with E-state index in [1.165, 1.54) is 6.42 Å². The van der Waals surface area contributed by atoms with Crippen LogP contribution in [0.15, 0.2) is 18.5 Å². The summed E-state index contributed by atoms with van der Waals surface area (Å²) in [4.78, 5) is 17.2. The van der Waals surface area contributed by atoms with Crippen molar-refractivity contribution < 1.29 is 9.53 Å². The van der Waals surface area contributed by atoms with Gasteiger partial charge in [-0.2, -0.15) is 5.10 Å². The molecule has 0 bridgehead atoms. The number of hydrogen-bond donors (Lipinski definition) is 1. The molecule has 7 heteroatoms. The van der Waals surface area contributed by atoms with Gasteiger partial charge in [0, 0.05) is 57.7 Å². The Morgan fingerprint density at radius 3 is 2.92 bits per heavy atom. The molecule has 2 aliphatic heterocycles. The lowest BCUT2D eigenvalue weighted by molar-refractivity contribution is 0.0221. The van der Waals surface area contributed by atoms with Gasteiger partial charge in [-0.25, -0.2) is 4.79 Å². The van der Waals surface area contributed by atoms with Crippen molar-refractivity contribution in [3.63, 3.8) is 0 Å². The third-order valence-corrected chi connectivity index (χ3v) is 5.12. The van der Waals surface area contributed by atoms with E-state index >= 15 is 0 Å². The number of aromatic nitrogens is 2. The van der Waals surface area contributed by atoms with Gasteiger partial charge < -0.3 is 15.0 Å². The molecule has 2 fully saturated rings. The fraction of sp³-hybridized carbons (Fsp3) is 0.778. The predicted octanol–water partition coefficient (Wildman–Crippen LogP) is 1.42. The average Bonchev–Trinajstić information content (AvgIpc) is 3.14. The predicted molar refractivity (Wildman–Crippen MR) is 96.4 cm³/mol. The number of likely N-dealkylation sites (tertiary alicyclic amines) is 1. The summed E-state index contributed by atoms with van der Waals surface area (Å²) >= 11 is 0. The van der Waals surface area contributed by atoms with Crippen molar-refractivity contribution in [1.82, 2.24) is 24.9 Å². The van der Waals surface area contributed by atoms with Crippen molar-refractivity contribution in [1.29, 1.82) is 0 Å². The first-order valence-electron chi connectivity index (χ1n) is 9.54. The molecular weight excluding hydrogens is 318 g/mol. The SMILES string of the molecule is C[C@@H](CNC(=O)N1CCCC[C@@H]1CN1CCOCC1)Cn1cccn1. The normalized spacial score (nSPS) is 23.4. The molecule has 0 saturated carbocycles. The highest BCUT2D eigenvalue weighted by atomic mass is 16.5. The van der Waals surface area contributed by atoms with Gasteiger partial charge in [-0.05, 0) is 31.2 Å². The van der Waals surface area contributed by atoms with Crippen LogP contribution in [-0.4, -0.2) is 77.6 Å². The van der Waals surface area contributed by atoms with Crippen molar-refractivity contribution in [2.75, 3.05) is 45.9 Å². The summed E-state index contributed by atoms with van der Waals surface area (Å²) in [6, 6.07) is 2.34. The number of nitrogens with one attached hydrogen (secondary N) is 1. The molecule has 2 aliphatic rings. The highest BCUT2D eigenvalue weighted by Crippen LogP contribution is 2.18. The molecule has 0 aliphatic carbocycles. The topological polar surface area (TPSA) is 62.6 Å². The van der Waals surface area contributed by atoms with Crippen LogP contribution in [-0.2, 0) is 11.3 Å². The van der Waals surface area contributed by atoms with Crippen molar-refractivity contribution >= 4 is 6.03 Å². The maximum absolute atomic E-state index is 12.7. The van der Waals surface area contributed by atoms with Crippen LogP contribution in [0, 0.1) is 5.92 Å². The summed E-state index contributed by atoms with van der Waals surface area (Å²) in [6.07, 6.45) is 7.18. The molecule has 0 aromatic carbocycles. The zero-order chi connectivity index (χ0) is 17.5. The Morgan fingerprint density at radius 1 is 1.32 bits per heavy atom. The van der Waals surface area contributed by atoms with Gasteiger partial charge in [0.05, 0.1) is 13.2 Å². The number of rotatable bonds is 6. The molecular formula is C18H31N5O2. The molecule has 2 saturated heterocycles. The number of morpholine rings is 1. The Labute approximate surface area is 150 Å². The number of carbonyl (C=O) groups is 1. The molecule has 2 amide bonds. The van der Waals surface area contributed by atoms with Crippen molar-refractivity contribution in [2.45, 2.75) is 38.8 Å². The number of ether oxygens (including phenoxy) is 1. The summed E-state index contributed by atoms with van der Waals surface area (Å²) in [5.41, 5.74) is 0. The second kappa shape index (κ2) is 9.20. The molecule has 7 nitrogen and oxygen atoms in total. The molecule has 0 unspecified atom stereocenters. The Morgan fingerprint density at radius 2 is 2.16 bits per heavy atom. The third kappa shape index (κ3) is 5.44. The van der Waals surface area contributed by atoms with Crippen molar-refractivity contribution in [3.05, 3.63) is 18.5 Å². The zero-order valence-corrected chi connectivity index (χ0v) is 15.3. The lowest BCUT2D eigenvalue weighted by Gasteiger charge is -2.39. The Kier molecular flexibility index (Phi) is 6.69. The van der Waals surface area contributed by atoms with Crippen LogP contribution in [0.4, 0.5) is 4.79 Å². The van der Waals surface area contributed by atoms with E-state index < -0.39 is 0 Å². The molecule has 1 aromatic rings. The van der Waals surface area contributed by atoms with E-state index in [1.54, 1.807) is 6.20 Å². The molecule has 1 aromatic heterocycles. The van der Waals surface area contributed by atoms with E-state index in [9.17, 15) is 4.79 Å². The number of carbonyl (C=O) groups excluding carboxylic acids is 1. The highest BCUT2D eigenvalue weighted by molar-refractivity contribution is 5.74. The number of nitrogens with zero attached hydrogens (tertiary/aromatic N) is 4. The number of amides is 2. The maximum Gasteiger partial charge on any atom is 0.317 e. The van der Waals surface area contributed by atoms with Crippen LogP contribution in [0.25, 0.3) is 0 Å². The fourth-order valence-corrected chi connectivity index (χ4v) is 3.69. The first kappa shape index (κ1) is 18.2. The summed E-state index contributed by atoms with van der Waals surface area (Å²) in [5, 5.41) is 7.36. The van der Waals surface area contributed by atoms with E-state index in [-0.39, 0.29) is 6.03 Å². The van der Waals surface area contributed by atoms with Crippen LogP contribution in [0.3, 0.4) is 0 Å². The molecule has 1 N–H and O–H groups in total. The Hall–Kier alpha value is -1.60. The quantitative estimate of drug-likeness (QED) is 0.844. The molecule has 0 radical (unpaired) electrons. The third-order valence-electron chi connectivity index (χ3n) is 5.12. The van der Waals surface area contributed by atoms with Crippen LogP contribution < -0.4 is 5.32 Å². The smallest absolute Gasteiger partial charge is 0.317 e. The van der Waals surface area contributed by atoms with Gasteiger partial charge in [0.1, 0.15) is 0 Å². The van der Waals surface area contributed by atoms with Crippen molar-refractivity contribution in [2.24, 2.45) is 5.92 Å². The van der Waals surface area contributed by atoms with E-state index in [0.29, 0.717) is 18.5 Å². The molecule has 25 heavy (non-hydrogen) atoms. The minimum absolute atomic E-state index is 0.0882. The van der Waals surface area contributed by atoms with Crippen LogP contribution in [0.5, 0.6) is 0 Å². The number of urea groups is 1. The molecule has 3 rings (SSSR count). The summed E-state index contributed by atoms with van der Waals surface area (Å²) in [6.45, 7) is 9.06. The zero-order valence-electron chi connectivity index (χ0n) is 15.3. The van der Waals surface area contributed by atoms with E-state index in [2.05, 4.69) is 27.1 Å². The molecule has 140 valence electrons. The van der Waals surface area contributed by atoms with E-state index in [1.807, 2.05) is 16.9 Å². The van der Waals surface area contributed by atoms with Gasteiger partial charge in [-0.1, -0.05) is 6.92 Å². The van der Waals surface area contributed by atoms with E-state index in [4.69, 9.17) is 4.74 Å². The first-order valence-corrected chi connectivity index (χ1v) is 9.54. The lowest BCUT2D eigenvalue weighted by Crippen LogP contribution is -2.54. The minimum Gasteiger partial charge on any atom is -0.379 e. The molecule has 3 heterocycles. The standard InChI is InChI=1S/C18H31N5O2/c1-16(14-22-7-4-6-20-22)13-19-18(24)23-8-3-2-5-17(23)15-21-9-11-25-12-10-21/h4,6-7,16-17H,2-3,5,8-15H2,1H3,(H,19,24)/t16-,17+/m0/s1. The largest absolute Gasteiger partial charge is 0.379 e. The number of hydrogen-bond acceptors (Lipinski definition) is 4. The van der Waals surface area contributed by atoms with Gasteiger partial charge in [0.15, 0.2) is 0 Å². The summed E-state index contributed by atoms with van der Waals surface area (Å²) in [5.74, 6) is 0.353. The second-order valence-electron chi connectivity index (χ2n) is 7.28. The Balaban J connectivity index is 1.46. The number of piperidine rings is 1. The van der Waals surface area contributed by atoms with Gasteiger partial charge in [0.2, 0.25) is 0 Å². The average molecular weight is 349 g/mol. The van der Waals surface area contributed by atoms with Gasteiger partial charge in [-0.15, -0.1) is 0 Å². The second-order valence-corrected chi connectivity index (χ2v) is 7.28. The van der Waals surface area contributed by atoms with Crippen molar-refractivity contribution in [3.8, 4) is 0 Å². The monoisotopic (exact) mass is 349 g/mol. The molecule has 2 atom stereocenters. The van der Waals surface area contributed by atoms with Crippen LogP contribution in [0.1, 0.15) is 26.2 Å². The van der Waals surface area contributed by atoms with Gasteiger partial charge >= 0.3 is 6.03 Å². The Bertz CT molecular complexity index is 516. The fourth-order valence-electron chi connectivity index (χ4n) is 3.69. The van der Waals surface area contributed by atoms with E-state index in [0.717, 1.165) is 58.8 Å². The van der Waals surface area contributed by atoms with Crippen LogP contribution in [0.2, 0.25) is 0 Å².